The van der Waals surface area contributed by atoms with Gasteiger partial charge in [0.05, 0.1) is 24.8 Å². The minimum absolute atomic E-state index is 0.208. The molecular weight excluding hydrogens is 320 g/mol. The van der Waals surface area contributed by atoms with Crippen LogP contribution in [0.5, 0.6) is 5.75 Å². The fourth-order valence-corrected chi connectivity index (χ4v) is 3.13. The van der Waals surface area contributed by atoms with E-state index < -0.39 is 0 Å². The molecule has 4 rings (SSSR count). The molecule has 3 heterocycles. The summed E-state index contributed by atoms with van der Waals surface area (Å²) in [6.07, 6.45) is 1.70. The molecule has 0 unspecified atom stereocenters. The van der Waals surface area contributed by atoms with E-state index in [1.807, 2.05) is 29.2 Å². The maximum absolute atomic E-state index is 12.8. The number of furan rings is 1. The van der Waals surface area contributed by atoms with Crippen molar-refractivity contribution >= 4 is 24.0 Å². The number of methoxy groups -OCH3 is 1. The van der Waals surface area contributed by atoms with Gasteiger partial charge in [0, 0.05) is 18.7 Å². The molecule has 1 aromatic carbocycles. The number of rotatable bonds is 4. The van der Waals surface area contributed by atoms with Crippen molar-refractivity contribution in [3.05, 3.63) is 46.7 Å². The average Bonchev–Trinajstić information content (AvgIpc) is 3.22. The molecule has 7 heteroatoms. The molecule has 0 aliphatic carbocycles. The smallest absolute Gasteiger partial charge is 0.255 e. The zero-order valence-corrected chi connectivity index (χ0v) is 14.1. The van der Waals surface area contributed by atoms with Crippen LogP contribution < -0.4 is 10.1 Å². The number of benzene rings is 1. The molecule has 7 nitrogen and oxygen atoms in total. The highest BCUT2D eigenvalue weighted by molar-refractivity contribution is 6.17. The number of hydrogen-bond acceptors (Lipinski definition) is 6. The first-order chi connectivity index (χ1) is 12.2. The molecule has 128 valence electrons. The quantitative estimate of drug-likeness (QED) is 0.927. The van der Waals surface area contributed by atoms with Gasteiger partial charge in [0.25, 0.3) is 5.91 Å². The van der Waals surface area contributed by atoms with Gasteiger partial charge < -0.3 is 19.4 Å². The van der Waals surface area contributed by atoms with E-state index in [-0.39, 0.29) is 5.91 Å². The highest BCUT2D eigenvalue weighted by Crippen LogP contribution is 2.34. The van der Waals surface area contributed by atoms with E-state index in [2.05, 4.69) is 15.3 Å². The standard InChI is InChI=1S/C18H18N4O3/c1-11-14(15-16-19-7-8-22(16)10-21-18(15)25-11)17(23)20-9-12-5-3-4-6-13(12)24-2/h3-6,10H,7-9H2,1-2H3,(H,20,23). The van der Waals surface area contributed by atoms with Gasteiger partial charge in [0.15, 0.2) is 0 Å². The summed E-state index contributed by atoms with van der Waals surface area (Å²) in [4.78, 5) is 23.6. The summed E-state index contributed by atoms with van der Waals surface area (Å²) < 4.78 is 11.0. The first-order valence-corrected chi connectivity index (χ1v) is 8.08. The summed E-state index contributed by atoms with van der Waals surface area (Å²) >= 11 is 0. The Kier molecular flexibility index (Phi) is 3.76. The molecule has 1 aromatic heterocycles. The average molecular weight is 338 g/mol. The van der Waals surface area contributed by atoms with Crippen LogP contribution in [0.3, 0.4) is 0 Å². The van der Waals surface area contributed by atoms with Crippen molar-refractivity contribution < 1.29 is 13.9 Å². The van der Waals surface area contributed by atoms with Gasteiger partial charge in [0.2, 0.25) is 5.88 Å². The lowest BCUT2D eigenvalue weighted by atomic mass is 10.1. The number of amidine groups is 1. The van der Waals surface area contributed by atoms with Gasteiger partial charge in [-0.25, -0.2) is 4.99 Å². The number of ether oxygens (including phenoxy) is 1. The molecule has 0 radical (unpaired) electrons. The molecule has 0 saturated carbocycles. The second-order valence-electron chi connectivity index (χ2n) is 5.85. The third-order valence-corrected chi connectivity index (χ3v) is 4.34. The number of para-hydroxylation sites is 1. The van der Waals surface area contributed by atoms with Crippen LogP contribution in [0, 0.1) is 6.92 Å². The van der Waals surface area contributed by atoms with Crippen molar-refractivity contribution in [2.24, 2.45) is 9.98 Å². The molecular formula is C18H18N4O3. The monoisotopic (exact) mass is 338 g/mol. The van der Waals surface area contributed by atoms with Gasteiger partial charge in [-0.1, -0.05) is 18.2 Å². The van der Waals surface area contributed by atoms with Crippen molar-refractivity contribution in [1.82, 2.24) is 10.2 Å². The minimum Gasteiger partial charge on any atom is -0.496 e. The summed E-state index contributed by atoms with van der Waals surface area (Å²) in [5, 5.41) is 2.94. The second-order valence-corrected chi connectivity index (χ2v) is 5.85. The Bertz CT molecular complexity index is 898. The van der Waals surface area contributed by atoms with Crippen molar-refractivity contribution in [1.29, 1.82) is 0 Å². The Balaban J connectivity index is 1.62. The molecule has 0 saturated heterocycles. The van der Waals surface area contributed by atoms with E-state index in [1.54, 1.807) is 20.4 Å². The Labute approximate surface area is 145 Å². The number of carbonyl (C=O) groups is 1. The fourth-order valence-electron chi connectivity index (χ4n) is 3.13. The summed E-state index contributed by atoms with van der Waals surface area (Å²) in [7, 11) is 1.61. The maximum Gasteiger partial charge on any atom is 0.255 e. The number of nitrogens with one attached hydrogen (secondary N) is 1. The normalized spacial score (nSPS) is 14.8. The third kappa shape index (κ3) is 2.57. The van der Waals surface area contributed by atoms with Crippen LogP contribution in [0.1, 0.15) is 27.2 Å². The third-order valence-electron chi connectivity index (χ3n) is 4.34. The largest absolute Gasteiger partial charge is 0.496 e. The topological polar surface area (TPSA) is 79.4 Å². The van der Waals surface area contributed by atoms with Crippen LogP contribution in [-0.2, 0) is 6.54 Å². The van der Waals surface area contributed by atoms with Crippen LogP contribution in [0.4, 0.5) is 5.88 Å². The predicted molar refractivity (Wildman–Crippen MR) is 93.9 cm³/mol. The molecule has 2 aliphatic rings. The van der Waals surface area contributed by atoms with E-state index in [4.69, 9.17) is 9.15 Å². The number of amides is 1. The van der Waals surface area contributed by atoms with E-state index in [0.717, 1.165) is 23.7 Å². The molecule has 25 heavy (non-hydrogen) atoms. The van der Waals surface area contributed by atoms with Crippen molar-refractivity contribution in [3.63, 3.8) is 0 Å². The number of nitrogens with zero attached hydrogens (tertiary/aromatic N) is 3. The van der Waals surface area contributed by atoms with E-state index >= 15 is 0 Å². The Hall–Kier alpha value is -3.09. The molecule has 0 bridgehead atoms. The summed E-state index contributed by atoms with van der Waals surface area (Å²) in [6.45, 7) is 3.59. The second kappa shape index (κ2) is 6.08. The van der Waals surface area contributed by atoms with Gasteiger partial charge in [0.1, 0.15) is 23.7 Å². The number of fused-ring (bicyclic) bond motifs is 3. The molecule has 1 N–H and O–H groups in total. The van der Waals surface area contributed by atoms with Gasteiger partial charge in [-0.15, -0.1) is 0 Å². The van der Waals surface area contributed by atoms with Crippen molar-refractivity contribution in [2.45, 2.75) is 13.5 Å². The first-order valence-electron chi connectivity index (χ1n) is 8.08. The fraction of sp³-hybridized carbons (Fsp3) is 0.278. The van der Waals surface area contributed by atoms with Crippen LogP contribution in [0.15, 0.2) is 38.7 Å². The SMILES string of the molecule is COc1ccccc1CNC(=O)c1c(C)oc2c1C1=NCCN1C=N2. The van der Waals surface area contributed by atoms with Gasteiger partial charge in [-0.05, 0) is 13.0 Å². The van der Waals surface area contributed by atoms with E-state index in [0.29, 0.717) is 35.9 Å². The van der Waals surface area contributed by atoms with E-state index in [1.165, 1.54) is 0 Å². The molecule has 2 aliphatic heterocycles. The van der Waals surface area contributed by atoms with Crippen LogP contribution in [-0.4, -0.2) is 43.2 Å². The van der Waals surface area contributed by atoms with Gasteiger partial charge >= 0.3 is 0 Å². The number of aryl methyl sites for hydroxylation is 1. The van der Waals surface area contributed by atoms with Crippen molar-refractivity contribution in [2.75, 3.05) is 20.2 Å². The number of hydrogen-bond donors (Lipinski definition) is 1. The highest BCUT2D eigenvalue weighted by Gasteiger charge is 2.33. The van der Waals surface area contributed by atoms with E-state index in [9.17, 15) is 4.79 Å². The zero-order chi connectivity index (χ0) is 17.4. The van der Waals surface area contributed by atoms with Crippen LogP contribution in [0.25, 0.3) is 0 Å². The maximum atomic E-state index is 12.8. The minimum atomic E-state index is -0.208. The lowest BCUT2D eigenvalue weighted by Gasteiger charge is -2.18. The number of aliphatic imine (C=N–C) groups is 2. The Morgan fingerprint density at radius 2 is 2.24 bits per heavy atom. The van der Waals surface area contributed by atoms with Crippen LogP contribution >= 0.6 is 0 Å². The zero-order valence-electron chi connectivity index (χ0n) is 14.1. The summed E-state index contributed by atoms with van der Waals surface area (Å²) in [5.74, 6) is 2.27. The van der Waals surface area contributed by atoms with Gasteiger partial charge in [-0.3, -0.25) is 9.79 Å². The first kappa shape index (κ1) is 15.4. The molecule has 2 aromatic rings. The highest BCUT2D eigenvalue weighted by atomic mass is 16.5. The molecule has 1 amide bonds. The van der Waals surface area contributed by atoms with Crippen molar-refractivity contribution in [3.8, 4) is 5.75 Å². The summed E-state index contributed by atoms with van der Waals surface area (Å²) in [5.41, 5.74) is 2.08. The Morgan fingerprint density at radius 1 is 1.40 bits per heavy atom. The Morgan fingerprint density at radius 3 is 3.08 bits per heavy atom. The lowest BCUT2D eigenvalue weighted by molar-refractivity contribution is 0.0949. The molecule has 0 fully saturated rings. The number of carbonyl (C=O) groups excluding carboxylic acids is 1. The molecule has 0 atom stereocenters. The summed E-state index contributed by atoms with van der Waals surface area (Å²) in [6, 6.07) is 7.59. The predicted octanol–water partition coefficient (Wildman–Crippen LogP) is 2.26. The lowest BCUT2D eigenvalue weighted by Crippen LogP contribution is -2.32. The molecule has 0 spiro atoms. The van der Waals surface area contributed by atoms with Crippen LogP contribution in [0.2, 0.25) is 0 Å². The van der Waals surface area contributed by atoms with Gasteiger partial charge in [-0.2, -0.15) is 0 Å².